The van der Waals surface area contributed by atoms with Gasteiger partial charge in [-0.2, -0.15) is 0 Å². The zero-order valence-electron chi connectivity index (χ0n) is 10.9. The molecule has 0 saturated carbocycles. The number of nitrogens with zero attached hydrogens (tertiary/aromatic N) is 1. The molecule has 0 heterocycles. The van der Waals surface area contributed by atoms with Crippen LogP contribution in [0.5, 0.6) is 0 Å². The Morgan fingerprint density at radius 2 is 1.88 bits per heavy atom. The van der Waals surface area contributed by atoms with E-state index < -0.39 is 0 Å². The quantitative estimate of drug-likeness (QED) is 0.645. The molecule has 3 nitrogen and oxygen atoms in total. The Morgan fingerprint density at radius 3 is 2.35 bits per heavy atom. The third kappa shape index (κ3) is 5.75. The number of hydrogen-bond donors (Lipinski definition) is 1. The number of nitrogens with one attached hydrogen (secondary N) is 1. The van der Waals surface area contributed by atoms with Gasteiger partial charge in [-0.15, -0.1) is 11.8 Å². The van der Waals surface area contributed by atoms with Gasteiger partial charge in [0, 0.05) is 24.2 Å². The maximum absolute atomic E-state index is 11.5. The van der Waals surface area contributed by atoms with Crippen LogP contribution in [-0.4, -0.2) is 30.3 Å². The average Bonchev–Trinajstić information content (AvgIpc) is 2.18. The summed E-state index contributed by atoms with van der Waals surface area (Å²) in [7, 11) is 3.61. The van der Waals surface area contributed by atoms with Gasteiger partial charge in [-0.1, -0.05) is 26.0 Å². The summed E-state index contributed by atoms with van der Waals surface area (Å²) in [5, 5.41) is 2.24. The van der Waals surface area contributed by atoms with E-state index in [4.69, 9.17) is 0 Å². The van der Waals surface area contributed by atoms with Gasteiger partial charge < -0.3 is 0 Å². The van der Waals surface area contributed by atoms with Crippen molar-refractivity contribution >= 4 is 17.7 Å². The van der Waals surface area contributed by atoms with Gasteiger partial charge in [0.1, 0.15) is 0 Å². The minimum atomic E-state index is 0.0132. The summed E-state index contributed by atoms with van der Waals surface area (Å²) in [5.41, 5.74) is 3.77. The van der Waals surface area contributed by atoms with Crippen LogP contribution in [0.3, 0.4) is 0 Å². The molecular formula is C13H20N2OS. The fourth-order valence-corrected chi connectivity index (χ4v) is 2.27. The van der Waals surface area contributed by atoms with E-state index in [1.807, 2.05) is 23.9 Å². The predicted octanol–water partition coefficient (Wildman–Crippen LogP) is 2.32. The van der Waals surface area contributed by atoms with Gasteiger partial charge in [-0.25, -0.2) is 5.01 Å². The highest BCUT2D eigenvalue weighted by atomic mass is 32.2. The zero-order chi connectivity index (χ0) is 12.8. The number of benzene rings is 1. The zero-order valence-corrected chi connectivity index (χ0v) is 11.7. The summed E-state index contributed by atoms with van der Waals surface area (Å²) in [6, 6.07) is 8.17. The first-order valence-corrected chi connectivity index (χ1v) is 6.57. The lowest BCUT2D eigenvalue weighted by Gasteiger charge is -2.12. The van der Waals surface area contributed by atoms with Crippen LogP contribution in [0, 0.1) is 0 Å². The summed E-state index contributed by atoms with van der Waals surface area (Å²) >= 11 is 1.83. The molecule has 1 rings (SSSR count). The van der Waals surface area contributed by atoms with Crippen molar-refractivity contribution in [3.63, 3.8) is 0 Å². The Kier molecular flexibility index (Phi) is 5.51. The molecule has 1 N–H and O–H groups in total. The fraction of sp³-hybridized carbons (Fsp3) is 0.462. The van der Waals surface area contributed by atoms with Crippen molar-refractivity contribution in [1.82, 2.24) is 10.4 Å². The summed E-state index contributed by atoms with van der Waals surface area (Å²) < 4.78 is 0. The minimum absolute atomic E-state index is 0.0132. The maximum atomic E-state index is 11.5. The Bertz CT molecular complexity index is 360. The van der Waals surface area contributed by atoms with Crippen molar-refractivity contribution in [2.45, 2.75) is 30.4 Å². The van der Waals surface area contributed by atoms with Crippen molar-refractivity contribution in [1.29, 1.82) is 0 Å². The lowest BCUT2D eigenvalue weighted by molar-refractivity contribution is -0.124. The Labute approximate surface area is 108 Å². The van der Waals surface area contributed by atoms with E-state index in [1.165, 1.54) is 4.90 Å². The van der Waals surface area contributed by atoms with Crippen LogP contribution in [0.1, 0.15) is 19.4 Å². The molecule has 1 amide bonds. The second kappa shape index (κ2) is 6.67. The Hall–Kier alpha value is -1.00. The number of hydrogen-bond acceptors (Lipinski definition) is 3. The van der Waals surface area contributed by atoms with Gasteiger partial charge in [0.05, 0.1) is 6.42 Å². The third-order valence-corrected chi connectivity index (χ3v) is 3.02. The SMILES string of the molecule is CC(C)Sc1ccc(CC(=O)NN(C)C)cc1. The molecule has 0 aliphatic heterocycles. The molecule has 94 valence electrons. The molecule has 1 aromatic carbocycles. The normalized spacial score (nSPS) is 10.9. The summed E-state index contributed by atoms with van der Waals surface area (Å²) in [6.07, 6.45) is 0.421. The topological polar surface area (TPSA) is 32.3 Å². The number of carbonyl (C=O) groups is 1. The van der Waals surface area contributed by atoms with E-state index in [9.17, 15) is 4.79 Å². The third-order valence-electron chi connectivity index (χ3n) is 2.01. The van der Waals surface area contributed by atoms with Crippen LogP contribution in [-0.2, 0) is 11.2 Å². The van der Waals surface area contributed by atoms with E-state index >= 15 is 0 Å². The molecular weight excluding hydrogens is 232 g/mol. The first-order chi connectivity index (χ1) is 7.97. The number of thioether (sulfide) groups is 1. The molecule has 17 heavy (non-hydrogen) atoms. The molecule has 4 heteroatoms. The van der Waals surface area contributed by atoms with Crippen molar-refractivity contribution < 1.29 is 4.79 Å². The molecule has 0 aliphatic rings. The first kappa shape index (κ1) is 14.1. The predicted molar refractivity (Wildman–Crippen MR) is 73.0 cm³/mol. The van der Waals surface area contributed by atoms with Crippen LogP contribution in [0.2, 0.25) is 0 Å². The van der Waals surface area contributed by atoms with Crippen molar-refractivity contribution in [2.24, 2.45) is 0 Å². The van der Waals surface area contributed by atoms with Crippen LogP contribution in [0.4, 0.5) is 0 Å². The Morgan fingerprint density at radius 1 is 1.29 bits per heavy atom. The maximum Gasteiger partial charge on any atom is 0.238 e. The molecule has 0 atom stereocenters. The van der Waals surface area contributed by atoms with Gasteiger partial charge in [-0.3, -0.25) is 10.2 Å². The molecule has 0 radical (unpaired) electrons. The highest BCUT2D eigenvalue weighted by Crippen LogP contribution is 2.22. The van der Waals surface area contributed by atoms with E-state index in [0.717, 1.165) is 5.56 Å². The molecule has 0 bridgehead atoms. The summed E-state index contributed by atoms with van der Waals surface area (Å²) in [5.74, 6) is 0.0132. The summed E-state index contributed by atoms with van der Waals surface area (Å²) in [4.78, 5) is 12.8. The highest BCUT2D eigenvalue weighted by Gasteiger charge is 2.04. The molecule has 0 saturated heterocycles. The number of carbonyl (C=O) groups excluding carboxylic acids is 1. The molecule has 0 spiro atoms. The number of amides is 1. The van der Waals surface area contributed by atoms with Gasteiger partial charge >= 0.3 is 0 Å². The van der Waals surface area contributed by atoms with Gasteiger partial charge in [0.15, 0.2) is 0 Å². The van der Waals surface area contributed by atoms with Gasteiger partial charge in [0.25, 0.3) is 0 Å². The van der Waals surface area contributed by atoms with Crippen LogP contribution in [0.15, 0.2) is 29.2 Å². The van der Waals surface area contributed by atoms with E-state index in [-0.39, 0.29) is 5.91 Å². The van der Waals surface area contributed by atoms with Crippen LogP contribution in [0.25, 0.3) is 0 Å². The second-order valence-electron chi connectivity index (χ2n) is 4.42. The van der Waals surface area contributed by atoms with Crippen molar-refractivity contribution in [3.8, 4) is 0 Å². The molecule has 0 aromatic heterocycles. The largest absolute Gasteiger partial charge is 0.289 e. The molecule has 0 unspecified atom stereocenters. The van der Waals surface area contributed by atoms with Crippen molar-refractivity contribution in [2.75, 3.05) is 14.1 Å². The van der Waals surface area contributed by atoms with E-state index in [0.29, 0.717) is 11.7 Å². The standard InChI is InChI=1S/C13H20N2OS/c1-10(2)17-12-7-5-11(6-8-12)9-13(16)14-15(3)4/h5-8,10H,9H2,1-4H3,(H,14,16). The first-order valence-electron chi connectivity index (χ1n) is 5.70. The van der Waals surface area contributed by atoms with Gasteiger partial charge in [0.2, 0.25) is 5.91 Å². The highest BCUT2D eigenvalue weighted by molar-refractivity contribution is 7.99. The smallest absolute Gasteiger partial charge is 0.238 e. The number of rotatable bonds is 5. The minimum Gasteiger partial charge on any atom is -0.289 e. The molecule has 1 aromatic rings. The monoisotopic (exact) mass is 252 g/mol. The molecule has 0 aliphatic carbocycles. The lowest BCUT2D eigenvalue weighted by atomic mass is 10.1. The fourth-order valence-electron chi connectivity index (χ4n) is 1.43. The van der Waals surface area contributed by atoms with Gasteiger partial charge in [-0.05, 0) is 17.7 Å². The average molecular weight is 252 g/mol. The van der Waals surface area contributed by atoms with Crippen molar-refractivity contribution in [3.05, 3.63) is 29.8 Å². The number of hydrazine groups is 1. The lowest BCUT2D eigenvalue weighted by Crippen LogP contribution is -2.37. The Balaban J connectivity index is 2.53. The summed E-state index contributed by atoms with van der Waals surface area (Å²) in [6.45, 7) is 4.34. The van der Waals surface area contributed by atoms with Crippen LogP contribution >= 0.6 is 11.8 Å². The van der Waals surface area contributed by atoms with E-state index in [2.05, 4.69) is 31.4 Å². The second-order valence-corrected chi connectivity index (χ2v) is 6.07. The van der Waals surface area contributed by atoms with E-state index in [1.54, 1.807) is 19.1 Å². The molecule has 0 fully saturated rings. The van der Waals surface area contributed by atoms with Crippen LogP contribution < -0.4 is 5.43 Å².